The van der Waals surface area contributed by atoms with Crippen LogP contribution in [-0.4, -0.2) is 48.9 Å². The smallest absolute Gasteiger partial charge is 0.318 e. The predicted octanol–water partition coefficient (Wildman–Crippen LogP) is 0.111. The van der Waals surface area contributed by atoms with E-state index in [2.05, 4.69) is 16.0 Å². The summed E-state index contributed by atoms with van der Waals surface area (Å²) in [7, 11) is 1.44. The van der Waals surface area contributed by atoms with E-state index in [1.54, 1.807) is 0 Å². The van der Waals surface area contributed by atoms with Crippen LogP contribution in [0, 0.1) is 11.6 Å². The third-order valence-corrected chi connectivity index (χ3v) is 3.62. The van der Waals surface area contributed by atoms with Gasteiger partial charge in [0.1, 0.15) is 17.7 Å². The molecule has 1 unspecified atom stereocenters. The number of benzene rings is 1. The van der Waals surface area contributed by atoms with E-state index in [1.807, 2.05) is 0 Å². The molecular formula is C15H18F2N4O3. The first-order chi connectivity index (χ1) is 11.4. The lowest BCUT2D eigenvalue weighted by atomic mass is 10.1. The van der Waals surface area contributed by atoms with Gasteiger partial charge in [-0.15, -0.1) is 0 Å². The van der Waals surface area contributed by atoms with Gasteiger partial charge in [-0.3, -0.25) is 9.59 Å². The minimum absolute atomic E-state index is 0.0989. The lowest BCUT2D eigenvalue weighted by Crippen LogP contribution is -2.60. The van der Waals surface area contributed by atoms with Gasteiger partial charge in [0.25, 0.3) is 0 Å². The Hall–Kier alpha value is -2.71. The molecule has 130 valence electrons. The fraction of sp³-hybridized carbons (Fsp3) is 0.400. The quantitative estimate of drug-likeness (QED) is 0.727. The summed E-state index contributed by atoms with van der Waals surface area (Å²) in [5, 5.41) is 7.50. The fourth-order valence-corrected chi connectivity index (χ4v) is 2.43. The summed E-state index contributed by atoms with van der Waals surface area (Å²) in [5.41, 5.74) is 0.255. The van der Waals surface area contributed by atoms with Gasteiger partial charge in [0, 0.05) is 32.7 Å². The van der Waals surface area contributed by atoms with Gasteiger partial charge in [-0.05, 0) is 17.7 Å². The lowest BCUT2D eigenvalue weighted by molar-refractivity contribution is -0.132. The van der Waals surface area contributed by atoms with Gasteiger partial charge in [-0.2, -0.15) is 0 Å². The average molecular weight is 340 g/mol. The van der Waals surface area contributed by atoms with Crippen molar-refractivity contribution in [1.82, 2.24) is 20.9 Å². The van der Waals surface area contributed by atoms with Crippen LogP contribution in [0.5, 0.6) is 0 Å². The largest absolute Gasteiger partial charge is 0.359 e. The van der Waals surface area contributed by atoms with Gasteiger partial charge in [-0.25, -0.2) is 13.6 Å². The molecule has 9 heteroatoms. The van der Waals surface area contributed by atoms with E-state index < -0.39 is 29.6 Å². The standard InChI is InChI=1S/C15H18F2N4O3/c1-18-13(22)7-12-14(23)19-2-3-21(12)15(24)20-8-9-4-10(16)6-11(17)5-9/h4-6,12H,2-3,7-8H2,1H3,(H,18,22)(H,19,23)(H,20,24). The predicted molar refractivity (Wildman–Crippen MR) is 80.8 cm³/mol. The number of carbonyl (C=O) groups is 3. The number of nitrogens with one attached hydrogen (secondary N) is 3. The highest BCUT2D eigenvalue weighted by Crippen LogP contribution is 2.11. The lowest BCUT2D eigenvalue weighted by Gasteiger charge is -2.34. The summed E-state index contributed by atoms with van der Waals surface area (Å²) in [4.78, 5) is 36.9. The Morgan fingerprint density at radius 3 is 2.58 bits per heavy atom. The van der Waals surface area contributed by atoms with E-state index in [9.17, 15) is 23.2 Å². The maximum atomic E-state index is 13.1. The molecule has 0 saturated carbocycles. The third kappa shape index (κ3) is 4.40. The van der Waals surface area contributed by atoms with Crippen LogP contribution >= 0.6 is 0 Å². The van der Waals surface area contributed by atoms with Gasteiger partial charge >= 0.3 is 6.03 Å². The Bertz CT molecular complexity index is 633. The van der Waals surface area contributed by atoms with Crippen LogP contribution in [0.25, 0.3) is 0 Å². The van der Waals surface area contributed by atoms with Crippen LogP contribution in [0.3, 0.4) is 0 Å². The van der Waals surface area contributed by atoms with Gasteiger partial charge in [0.15, 0.2) is 0 Å². The summed E-state index contributed by atoms with van der Waals surface area (Å²) in [6.45, 7) is 0.403. The Morgan fingerprint density at radius 2 is 1.96 bits per heavy atom. The number of halogens is 2. The molecule has 0 aliphatic carbocycles. The average Bonchev–Trinajstić information content (AvgIpc) is 2.53. The second kappa shape index (κ2) is 7.71. The highest BCUT2D eigenvalue weighted by Gasteiger charge is 2.34. The summed E-state index contributed by atoms with van der Waals surface area (Å²) in [5.74, 6) is -2.28. The summed E-state index contributed by atoms with van der Waals surface area (Å²) in [6, 6.07) is 1.44. The number of rotatable bonds is 4. The molecule has 24 heavy (non-hydrogen) atoms. The van der Waals surface area contributed by atoms with E-state index in [0.717, 1.165) is 18.2 Å². The van der Waals surface area contributed by atoms with Crippen LogP contribution in [0.15, 0.2) is 18.2 Å². The topological polar surface area (TPSA) is 90.5 Å². The molecule has 1 fully saturated rings. The van der Waals surface area contributed by atoms with E-state index in [-0.39, 0.29) is 37.5 Å². The molecule has 7 nitrogen and oxygen atoms in total. The number of hydrogen-bond acceptors (Lipinski definition) is 3. The molecule has 0 spiro atoms. The molecule has 0 aromatic heterocycles. The summed E-state index contributed by atoms with van der Waals surface area (Å²) in [6.07, 6.45) is -0.162. The van der Waals surface area contributed by atoms with Gasteiger partial charge in [-0.1, -0.05) is 0 Å². The Morgan fingerprint density at radius 1 is 1.29 bits per heavy atom. The molecule has 1 atom stereocenters. The van der Waals surface area contributed by atoms with E-state index >= 15 is 0 Å². The Balaban J connectivity index is 2.02. The monoisotopic (exact) mass is 340 g/mol. The van der Waals surface area contributed by atoms with Crippen molar-refractivity contribution >= 4 is 17.8 Å². The van der Waals surface area contributed by atoms with Crippen molar-refractivity contribution in [2.75, 3.05) is 20.1 Å². The molecule has 0 bridgehead atoms. The minimum atomic E-state index is -0.928. The molecule has 4 amide bonds. The first-order valence-corrected chi connectivity index (χ1v) is 7.38. The van der Waals surface area contributed by atoms with E-state index in [4.69, 9.17) is 0 Å². The highest BCUT2D eigenvalue weighted by molar-refractivity contribution is 5.92. The van der Waals surface area contributed by atoms with Crippen molar-refractivity contribution in [3.63, 3.8) is 0 Å². The van der Waals surface area contributed by atoms with Crippen LogP contribution in [0.2, 0.25) is 0 Å². The van der Waals surface area contributed by atoms with Crippen LogP contribution in [0.1, 0.15) is 12.0 Å². The second-order valence-electron chi connectivity index (χ2n) is 5.31. The number of carbonyl (C=O) groups excluding carboxylic acids is 3. The fourth-order valence-electron chi connectivity index (χ4n) is 2.43. The first kappa shape index (κ1) is 17.6. The molecule has 1 heterocycles. The third-order valence-electron chi connectivity index (χ3n) is 3.62. The number of nitrogens with zero attached hydrogens (tertiary/aromatic N) is 1. The van der Waals surface area contributed by atoms with Crippen LogP contribution in [-0.2, 0) is 16.1 Å². The van der Waals surface area contributed by atoms with E-state index in [1.165, 1.54) is 11.9 Å². The Kier molecular flexibility index (Phi) is 5.67. The van der Waals surface area contributed by atoms with Crippen LogP contribution < -0.4 is 16.0 Å². The van der Waals surface area contributed by atoms with Crippen molar-refractivity contribution in [2.24, 2.45) is 0 Å². The van der Waals surface area contributed by atoms with Crippen LogP contribution in [0.4, 0.5) is 13.6 Å². The normalized spacial score (nSPS) is 17.2. The number of piperazine rings is 1. The molecule has 1 aromatic carbocycles. The second-order valence-corrected chi connectivity index (χ2v) is 5.31. The van der Waals surface area contributed by atoms with Gasteiger partial charge < -0.3 is 20.9 Å². The molecule has 1 aliphatic rings. The Labute approximate surface area is 137 Å². The van der Waals surface area contributed by atoms with Crippen molar-refractivity contribution < 1.29 is 23.2 Å². The molecule has 2 rings (SSSR count). The van der Waals surface area contributed by atoms with Gasteiger partial charge in [0.2, 0.25) is 11.8 Å². The number of urea groups is 1. The maximum Gasteiger partial charge on any atom is 0.318 e. The number of hydrogen-bond donors (Lipinski definition) is 3. The molecule has 1 aromatic rings. The molecular weight excluding hydrogens is 322 g/mol. The SMILES string of the molecule is CNC(=O)CC1C(=O)NCCN1C(=O)NCc1cc(F)cc(F)c1. The van der Waals surface area contributed by atoms with Crippen molar-refractivity contribution in [1.29, 1.82) is 0 Å². The summed E-state index contributed by atoms with van der Waals surface area (Å²) < 4.78 is 26.3. The summed E-state index contributed by atoms with van der Waals surface area (Å²) >= 11 is 0. The first-order valence-electron chi connectivity index (χ1n) is 7.38. The molecule has 1 aliphatic heterocycles. The van der Waals surface area contributed by atoms with Crippen molar-refractivity contribution in [2.45, 2.75) is 19.0 Å². The minimum Gasteiger partial charge on any atom is -0.359 e. The zero-order valence-electron chi connectivity index (χ0n) is 13.1. The van der Waals surface area contributed by atoms with Crippen molar-refractivity contribution in [3.8, 4) is 0 Å². The zero-order chi connectivity index (χ0) is 17.7. The van der Waals surface area contributed by atoms with E-state index in [0.29, 0.717) is 0 Å². The molecule has 1 saturated heterocycles. The molecule has 3 N–H and O–H groups in total. The maximum absolute atomic E-state index is 13.1. The van der Waals surface area contributed by atoms with Gasteiger partial charge in [0.05, 0.1) is 6.42 Å². The number of amides is 4. The highest BCUT2D eigenvalue weighted by atomic mass is 19.1. The zero-order valence-corrected chi connectivity index (χ0v) is 13.1. The molecule has 0 radical (unpaired) electrons. The van der Waals surface area contributed by atoms with Crippen molar-refractivity contribution in [3.05, 3.63) is 35.4 Å².